The molecule has 0 aromatic carbocycles. The summed E-state index contributed by atoms with van der Waals surface area (Å²) in [7, 11) is 0. The number of tetrazole rings is 1. The van der Waals surface area contributed by atoms with Crippen LogP contribution in [-0.2, 0) is 0 Å². The van der Waals surface area contributed by atoms with Crippen LogP contribution < -0.4 is 4.90 Å². The molecule has 8 nitrogen and oxygen atoms in total. The van der Waals surface area contributed by atoms with E-state index in [4.69, 9.17) is 4.42 Å². The quantitative estimate of drug-likeness (QED) is 0.849. The summed E-state index contributed by atoms with van der Waals surface area (Å²) in [5, 5.41) is 12.8. The van der Waals surface area contributed by atoms with Gasteiger partial charge in [0.2, 0.25) is 5.82 Å². The van der Waals surface area contributed by atoms with Gasteiger partial charge in [-0.25, -0.2) is 4.68 Å². The highest BCUT2D eigenvalue weighted by Crippen LogP contribution is 2.31. The topological polar surface area (TPSA) is 81.5 Å². The van der Waals surface area contributed by atoms with Crippen molar-refractivity contribution in [2.45, 2.75) is 51.6 Å². The molecular formula is C19H29N6O2+. The summed E-state index contributed by atoms with van der Waals surface area (Å²) in [5.41, 5.74) is 0. The van der Waals surface area contributed by atoms with Gasteiger partial charge in [-0.05, 0) is 35.4 Å². The molecule has 8 heteroatoms. The van der Waals surface area contributed by atoms with E-state index in [1.807, 2.05) is 4.90 Å². The molecule has 2 aliphatic rings. The Morgan fingerprint density at radius 1 is 1.26 bits per heavy atom. The minimum atomic E-state index is -0.0177. The van der Waals surface area contributed by atoms with E-state index >= 15 is 0 Å². The number of hydrogen-bond acceptors (Lipinski definition) is 5. The molecule has 1 saturated carbocycles. The Morgan fingerprint density at radius 3 is 2.63 bits per heavy atom. The summed E-state index contributed by atoms with van der Waals surface area (Å²) in [5.74, 6) is 1.84. The molecule has 2 aromatic rings. The third-order valence-corrected chi connectivity index (χ3v) is 6.00. The third kappa shape index (κ3) is 3.63. The molecule has 1 saturated heterocycles. The average molecular weight is 373 g/mol. The van der Waals surface area contributed by atoms with Gasteiger partial charge in [-0.3, -0.25) is 4.79 Å². The number of rotatable bonds is 5. The van der Waals surface area contributed by atoms with Crippen molar-refractivity contribution in [1.82, 2.24) is 25.1 Å². The van der Waals surface area contributed by atoms with Crippen LogP contribution in [0.25, 0.3) is 0 Å². The van der Waals surface area contributed by atoms with E-state index in [0.29, 0.717) is 17.7 Å². The second-order valence-electron chi connectivity index (χ2n) is 8.07. The van der Waals surface area contributed by atoms with Gasteiger partial charge < -0.3 is 14.2 Å². The predicted octanol–water partition coefficient (Wildman–Crippen LogP) is 1.12. The molecule has 1 atom stereocenters. The SMILES string of the molecule is CC(C)[C@@H](c1nnnn1C1CCCC1)[NH+]1CCN(C(=O)c2ccco2)CC1. The van der Waals surface area contributed by atoms with Crippen LogP contribution in [0.4, 0.5) is 0 Å². The zero-order valence-electron chi connectivity index (χ0n) is 16.2. The molecule has 1 N–H and O–H groups in total. The van der Waals surface area contributed by atoms with Crippen molar-refractivity contribution < 1.29 is 14.1 Å². The first kappa shape index (κ1) is 18.2. The zero-order valence-corrected chi connectivity index (χ0v) is 16.2. The molecule has 3 heterocycles. The van der Waals surface area contributed by atoms with E-state index in [2.05, 4.69) is 34.1 Å². The second kappa shape index (κ2) is 7.80. The van der Waals surface area contributed by atoms with Gasteiger partial charge in [0.25, 0.3) is 5.91 Å². The Hall–Kier alpha value is -2.22. The summed E-state index contributed by atoms with van der Waals surface area (Å²) in [6.07, 6.45) is 6.41. The molecule has 0 unspecified atom stereocenters. The van der Waals surface area contributed by atoms with Crippen LogP contribution in [0.15, 0.2) is 22.8 Å². The first-order valence-corrected chi connectivity index (χ1v) is 10.1. The number of hydrogen-bond donors (Lipinski definition) is 1. The number of carbonyl (C=O) groups is 1. The van der Waals surface area contributed by atoms with Crippen molar-refractivity contribution in [3.63, 3.8) is 0 Å². The second-order valence-corrected chi connectivity index (χ2v) is 8.07. The summed E-state index contributed by atoms with van der Waals surface area (Å²) in [4.78, 5) is 15.9. The van der Waals surface area contributed by atoms with Crippen molar-refractivity contribution in [1.29, 1.82) is 0 Å². The van der Waals surface area contributed by atoms with Gasteiger partial charge in [-0.1, -0.05) is 26.7 Å². The highest BCUT2D eigenvalue weighted by molar-refractivity contribution is 5.91. The maximum atomic E-state index is 12.5. The smallest absolute Gasteiger partial charge is 0.289 e. The lowest BCUT2D eigenvalue weighted by molar-refractivity contribution is -0.940. The first-order valence-electron chi connectivity index (χ1n) is 10.1. The van der Waals surface area contributed by atoms with Gasteiger partial charge in [0.05, 0.1) is 38.5 Å². The molecule has 0 spiro atoms. The van der Waals surface area contributed by atoms with Gasteiger partial charge in [0.1, 0.15) is 0 Å². The van der Waals surface area contributed by atoms with Crippen LogP contribution >= 0.6 is 0 Å². The van der Waals surface area contributed by atoms with Crippen molar-refractivity contribution in [2.75, 3.05) is 26.2 Å². The summed E-state index contributed by atoms with van der Waals surface area (Å²) < 4.78 is 7.35. The number of quaternary nitrogens is 1. The number of aromatic nitrogens is 4. The Labute approximate surface area is 159 Å². The highest BCUT2D eigenvalue weighted by atomic mass is 16.3. The molecule has 1 amide bonds. The van der Waals surface area contributed by atoms with E-state index in [9.17, 15) is 4.79 Å². The van der Waals surface area contributed by atoms with Gasteiger partial charge in [0, 0.05) is 5.92 Å². The molecule has 27 heavy (non-hydrogen) atoms. The third-order valence-electron chi connectivity index (χ3n) is 6.00. The number of nitrogens with zero attached hydrogens (tertiary/aromatic N) is 5. The number of piperazine rings is 1. The van der Waals surface area contributed by atoms with E-state index in [1.54, 1.807) is 18.4 Å². The number of carbonyl (C=O) groups excluding carboxylic acids is 1. The number of nitrogens with one attached hydrogen (secondary N) is 1. The van der Waals surface area contributed by atoms with Crippen LogP contribution in [-0.4, -0.2) is 57.2 Å². The van der Waals surface area contributed by atoms with Gasteiger partial charge in [0.15, 0.2) is 11.8 Å². The largest absolute Gasteiger partial charge is 0.459 e. The minimum absolute atomic E-state index is 0.0177. The lowest BCUT2D eigenvalue weighted by Gasteiger charge is -2.37. The summed E-state index contributed by atoms with van der Waals surface area (Å²) >= 11 is 0. The summed E-state index contributed by atoms with van der Waals surface area (Å²) in [6, 6.07) is 4.18. The van der Waals surface area contributed by atoms with Crippen molar-refractivity contribution >= 4 is 5.91 Å². The Bertz CT molecular complexity index is 742. The first-order chi connectivity index (χ1) is 13.1. The van der Waals surface area contributed by atoms with Crippen LogP contribution in [0, 0.1) is 5.92 Å². The molecule has 146 valence electrons. The molecule has 1 aliphatic carbocycles. The highest BCUT2D eigenvalue weighted by Gasteiger charge is 2.37. The van der Waals surface area contributed by atoms with Gasteiger partial charge >= 0.3 is 0 Å². The number of furan rings is 1. The molecule has 2 aromatic heterocycles. The Balaban J connectivity index is 1.47. The fraction of sp³-hybridized carbons (Fsp3) is 0.684. The van der Waals surface area contributed by atoms with E-state index in [0.717, 1.165) is 32.0 Å². The molecule has 0 radical (unpaired) electrons. The zero-order chi connectivity index (χ0) is 18.8. The predicted molar refractivity (Wildman–Crippen MR) is 98.2 cm³/mol. The summed E-state index contributed by atoms with van der Waals surface area (Å²) in [6.45, 7) is 7.73. The number of amides is 1. The maximum Gasteiger partial charge on any atom is 0.289 e. The average Bonchev–Trinajstić information content (AvgIpc) is 3.42. The monoisotopic (exact) mass is 373 g/mol. The molecule has 4 rings (SSSR count). The fourth-order valence-corrected chi connectivity index (χ4v) is 4.63. The van der Waals surface area contributed by atoms with Crippen LogP contribution in [0.3, 0.4) is 0 Å². The standard InChI is InChI=1S/C19H28N6O2/c1-14(2)17(18-20-21-22-25(18)15-6-3-4-7-15)23-9-11-24(12-10-23)19(26)16-8-5-13-27-16/h5,8,13-15,17H,3-4,6-7,9-12H2,1-2H3/p+1/t17-/m0/s1. The molecule has 0 bridgehead atoms. The normalized spacial score (nSPS) is 20.5. The van der Waals surface area contributed by atoms with Crippen molar-refractivity contribution in [3.05, 3.63) is 30.0 Å². The molecule has 1 aliphatic heterocycles. The van der Waals surface area contributed by atoms with Crippen LogP contribution in [0.5, 0.6) is 0 Å². The van der Waals surface area contributed by atoms with Crippen molar-refractivity contribution in [2.24, 2.45) is 5.92 Å². The van der Waals surface area contributed by atoms with Crippen molar-refractivity contribution in [3.8, 4) is 0 Å². The molecule has 2 fully saturated rings. The van der Waals surface area contributed by atoms with Crippen LogP contribution in [0.2, 0.25) is 0 Å². The Kier molecular flexibility index (Phi) is 5.24. The van der Waals surface area contributed by atoms with E-state index in [-0.39, 0.29) is 11.9 Å². The Morgan fingerprint density at radius 2 is 2.00 bits per heavy atom. The van der Waals surface area contributed by atoms with Gasteiger partial charge in [-0.2, -0.15) is 0 Å². The molecular weight excluding hydrogens is 344 g/mol. The minimum Gasteiger partial charge on any atom is -0.459 e. The lowest BCUT2D eigenvalue weighted by atomic mass is 10.00. The van der Waals surface area contributed by atoms with E-state index in [1.165, 1.54) is 30.6 Å². The van der Waals surface area contributed by atoms with E-state index < -0.39 is 0 Å². The maximum absolute atomic E-state index is 12.5. The van der Waals surface area contributed by atoms with Crippen LogP contribution in [0.1, 0.15) is 68.0 Å². The lowest BCUT2D eigenvalue weighted by Crippen LogP contribution is -3.15. The fourth-order valence-electron chi connectivity index (χ4n) is 4.63. The van der Waals surface area contributed by atoms with Gasteiger partial charge in [-0.15, -0.1) is 5.10 Å².